The Hall–Kier alpha value is -1.04. The van der Waals surface area contributed by atoms with Crippen LogP contribution in [0.3, 0.4) is 0 Å². The number of rotatable bonds is 4. The predicted molar refractivity (Wildman–Crippen MR) is 74.6 cm³/mol. The van der Waals surface area contributed by atoms with Gasteiger partial charge >= 0.3 is 5.97 Å². The fourth-order valence-corrected chi connectivity index (χ4v) is 5.59. The van der Waals surface area contributed by atoms with Crippen LogP contribution >= 0.6 is 11.8 Å². The molecule has 20 heavy (non-hydrogen) atoms. The fraction of sp³-hybridized carbons (Fsp3) is 0.786. The van der Waals surface area contributed by atoms with Crippen LogP contribution in [0.1, 0.15) is 44.3 Å². The second-order valence-corrected chi connectivity index (χ2v) is 7.79. The number of thioether (sulfide) groups is 1. The molecule has 0 aliphatic heterocycles. The van der Waals surface area contributed by atoms with Crippen molar-refractivity contribution in [3.63, 3.8) is 0 Å². The number of aliphatic carboxylic acids is 1. The molecule has 1 aromatic rings. The van der Waals surface area contributed by atoms with Crippen LogP contribution in [-0.2, 0) is 10.2 Å². The van der Waals surface area contributed by atoms with E-state index in [4.69, 9.17) is 5.11 Å². The van der Waals surface area contributed by atoms with Crippen LogP contribution in [0.5, 0.6) is 0 Å². The first kappa shape index (κ1) is 12.7. The maximum Gasteiger partial charge on any atom is 0.313 e. The van der Waals surface area contributed by atoms with Gasteiger partial charge in [-0.2, -0.15) is 0 Å². The molecule has 4 fully saturated rings. The smallest absolute Gasteiger partial charge is 0.313 e. The Labute approximate surface area is 121 Å². The van der Waals surface area contributed by atoms with Crippen molar-refractivity contribution in [2.75, 3.05) is 5.75 Å². The third-order valence-corrected chi connectivity index (χ3v) is 6.16. The summed E-state index contributed by atoms with van der Waals surface area (Å²) in [5, 5.41) is 16.6. The largest absolute Gasteiger partial charge is 0.481 e. The molecule has 4 aliphatic rings. The predicted octanol–water partition coefficient (Wildman–Crippen LogP) is 2.45. The van der Waals surface area contributed by atoms with Crippen molar-refractivity contribution in [2.45, 2.75) is 49.1 Å². The lowest BCUT2D eigenvalue weighted by atomic mass is 9.49. The molecule has 0 spiro atoms. The van der Waals surface area contributed by atoms with Crippen molar-refractivity contribution >= 4 is 17.7 Å². The van der Waals surface area contributed by atoms with Crippen LogP contribution in [0.25, 0.3) is 0 Å². The van der Waals surface area contributed by atoms with E-state index in [9.17, 15) is 4.79 Å². The van der Waals surface area contributed by atoms with Gasteiger partial charge in [-0.15, -0.1) is 5.10 Å². The van der Waals surface area contributed by atoms with E-state index < -0.39 is 5.97 Å². The van der Waals surface area contributed by atoms with Crippen LogP contribution in [-0.4, -0.2) is 32.0 Å². The normalized spacial score (nSPS) is 38.3. The van der Waals surface area contributed by atoms with E-state index in [0.717, 1.165) is 23.6 Å². The molecule has 1 aromatic heterocycles. The molecule has 5 nitrogen and oxygen atoms in total. The van der Waals surface area contributed by atoms with Gasteiger partial charge in [-0.3, -0.25) is 9.89 Å². The summed E-state index contributed by atoms with van der Waals surface area (Å²) in [6.45, 7) is 0. The minimum Gasteiger partial charge on any atom is -0.481 e. The molecule has 4 aliphatic carbocycles. The number of H-pyrrole nitrogens is 1. The third-order valence-electron chi connectivity index (χ3n) is 5.33. The molecule has 2 N–H and O–H groups in total. The summed E-state index contributed by atoms with van der Waals surface area (Å²) in [6, 6.07) is 0. The van der Waals surface area contributed by atoms with E-state index in [-0.39, 0.29) is 11.2 Å². The summed E-state index contributed by atoms with van der Waals surface area (Å²) >= 11 is 1.20. The highest BCUT2D eigenvalue weighted by molar-refractivity contribution is 7.99. The summed E-state index contributed by atoms with van der Waals surface area (Å²) in [5.74, 6) is 2.85. The minimum absolute atomic E-state index is 0.0260. The minimum atomic E-state index is -0.823. The Kier molecular flexibility index (Phi) is 2.84. The molecular weight excluding hydrogens is 274 g/mol. The zero-order chi connectivity index (χ0) is 13.7. The average Bonchev–Trinajstić information content (AvgIpc) is 2.84. The monoisotopic (exact) mass is 293 g/mol. The average molecular weight is 293 g/mol. The highest BCUT2D eigenvalue weighted by Crippen LogP contribution is 2.60. The molecule has 4 bridgehead atoms. The number of hydrogen-bond acceptors (Lipinski definition) is 4. The third kappa shape index (κ3) is 2.05. The standard InChI is InChI=1S/C14H19N3O2S/c18-11(19)7-20-13-15-12(16-17-13)14-4-8-1-9(5-14)3-10(2-8)6-14/h8-10H,1-7H2,(H,18,19)(H,15,16,17). The lowest BCUT2D eigenvalue weighted by molar-refractivity contribution is -0.133. The summed E-state index contributed by atoms with van der Waals surface area (Å²) < 4.78 is 0. The second kappa shape index (κ2) is 4.48. The van der Waals surface area contributed by atoms with Gasteiger partial charge in [-0.1, -0.05) is 11.8 Å². The van der Waals surface area contributed by atoms with Crippen molar-refractivity contribution in [1.29, 1.82) is 0 Å². The molecule has 108 valence electrons. The topological polar surface area (TPSA) is 78.9 Å². The second-order valence-electron chi connectivity index (χ2n) is 6.85. The van der Waals surface area contributed by atoms with E-state index in [1.54, 1.807) is 0 Å². The van der Waals surface area contributed by atoms with E-state index >= 15 is 0 Å². The van der Waals surface area contributed by atoms with Crippen LogP contribution in [0.2, 0.25) is 0 Å². The number of carboxylic acid groups (broad SMARTS) is 1. The number of carbonyl (C=O) groups is 1. The molecule has 6 heteroatoms. The van der Waals surface area contributed by atoms with Crippen LogP contribution < -0.4 is 0 Å². The van der Waals surface area contributed by atoms with Crippen molar-refractivity contribution in [3.05, 3.63) is 5.82 Å². The summed E-state index contributed by atoms with van der Waals surface area (Å²) in [4.78, 5) is 15.2. The van der Waals surface area contributed by atoms with Gasteiger partial charge in [0.2, 0.25) is 5.16 Å². The Morgan fingerprint density at radius 1 is 1.25 bits per heavy atom. The van der Waals surface area contributed by atoms with E-state index in [1.807, 2.05) is 0 Å². The van der Waals surface area contributed by atoms with Gasteiger partial charge in [0.05, 0.1) is 5.75 Å². The zero-order valence-corrected chi connectivity index (χ0v) is 12.2. The summed E-state index contributed by atoms with van der Waals surface area (Å²) in [5.41, 5.74) is 0.212. The Morgan fingerprint density at radius 2 is 1.85 bits per heavy atom. The molecule has 0 radical (unpaired) electrons. The van der Waals surface area contributed by atoms with Crippen LogP contribution in [0, 0.1) is 17.8 Å². The molecule has 4 saturated carbocycles. The van der Waals surface area contributed by atoms with Crippen molar-refractivity contribution < 1.29 is 9.90 Å². The van der Waals surface area contributed by atoms with Gasteiger partial charge in [0.25, 0.3) is 0 Å². The number of carboxylic acids is 1. The lowest BCUT2D eigenvalue weighted by Crippen LogP contribution is -2.49. The van der Waals surface area contributed by atoms with Crippen molar-refractivity contribution in [2.24, 2.45) is 17.8 Å². The summed E-state index contributed by atoms with van der Waals surface area (Å²) in [7, 11) is 0. The molecule has 0 atom stereocenters. The van der Waals surface area contributed by atoms with Crippen LogP contribution in [0.15, 0.2) is 5.16 Å². The molecule has 0 unspecified atom stereocenters. The first-order valence-corrected chi connectivity index (χ1v) is 8.39. The number of hydrogen-bond donors (Lipinski definition) is 2. The van der Waals surface area contributed by atoms with Gasteiger partial charge in [0, 0.05) is 5.41 Å². The summed E-state index contributed by atoms with van der Waals surface area (Å²) in [6.07, 6.45) is 7.97. The zero-order valence-electron chi connectivity index (χ0n) is 11.3. The first-order chi connectivity index (χ1) is 9.63. The van der Waals surface area contributed by atoms with Gasteiger partial charge < -0.3 is 5.11 Å². The number of nitrogens with zero attached hydrogens (tertiary/aromatic N) is 2. The first-order valence-electron chi connectivity index (χ1n) is 7.40. The van der Waals surface area contributed by atoms with E-state index in [1.165, 1.54) is 50.3 Å². The lowest BCUT2D eigenvalue weighted by Gasteiger charge is -2.55. The SMILES string of the molecule is O=C(O)CSc1n[nH]c(C23CC4CC(CC(C4)C2)C3)n1. The maximum atomic E-state index is 10.6. The molecule has 5 rings (SSSR count). The number of aromatic amines is 1. The molecular formula is C14H19N3O2S. The molecule has 0 amide bonds. The van der Waals surface area contributed by atoms with Gasteiger partial charge in [-0.25, -0.2) is 4.98 Å². The molecule has 0 saturated heterocycles. The quantitative estimate of drug-likeness (QED) is 0.834. The number of nitrogens with one attached hydrogen (secondary N) is 1. The molecule has 0 aromatic carbocycles. The van der Waals surface area contributed by atoms with Gasteiger partial charge in [0.15, 0.2) is 0 Å². The van der Waals surface area contributed by atoms with E-state index in [0.29, 0.717) is 5.16 Å². The van der Waals surface area contributed by atoms with Crippen LogP contribution in [0.4, 0.5) is 0 Å². The fourth-order valence-electron chi connectivity index (χ4n) is 5.08. The maximum absolute atomic E-state index is 10.6. The van der Waals surface area contributed by atoms with E-state index in [2.05, 4.69) is 15.2 Å². The van der Waals surface area contributed by atoms with Gasteiger partial charge in [-0.05, 0) is 56.3 Å². The highest BCUT2D eigenvalue weighted by Gasteiger charge is 2.53. The van der Waals surface area contributed by atoms with Crippen molar-refractivity contribution in [3.8, 4) is 0 Å². The molecule has 1 heterocycles. The Balaban J connectivity index is 1.56. The van der Waals surface area contributed by atoms with Gasteiger partial charge in [0.1, 0.15) is 5.82 Å². The van der Waals surface area contributed by atoms with Crippen molar-refractivity contribution in [1.82, 2.24) is 15.2 Å². The Morgan fingerprint density at radius 3 is 2.40 bits per heavy atom. The Bertz CT molecular complexity index is 507. The highest BCUT2D eigenvalue weighted by atomic mass is 32.2. The number of aromatic nitrogens is 3.